The molecule has 0 saturated carbocycles. The topological polar surface area (TPSA) is 30.0 Å². The molecule has 0 amide bonds. The molecule has 0 fully saturated rings. The quantitative estimate of drug-likeness (QED) is 0.434. The summed E-state index contributed by atoms with van der Waals surface area (Å²) >= 11 is 0. The first-order valence-electron chi connectivity index (χ1n) is 4.91. The second-order valence-electron chi connectivity index (χ2n) is 3.37. The standard InChI is InChI=1S/C13H9N.H2OP/c1-3-7-12-10(5-1)9-11-6-2-4-8-13(11)14-12;1-2/h1-9H;2H2/q;+1. The average molecular weight is 228 g/mol. The maximum atomic E-state index is 8.17. The molecule has 16 heavy (non-hydrogen) atoms. The average Bonchev–Trinajstić information content (AvgIpc) is 2.38. The van der Waals surface area contributed by atoms with Gasteiger partial charge in [-0.2, -0.15) is 0 Å². The molecule has 2 aromatic carbocycles. The summed E-state index contributed by atoms with van der Waals surface area (Å²) in [5.41, 5.74) is 2.12. The molecule has 3 aromatic rings. The third kappa shape index (κ3) is 1.93. The van der Waals surface area contributed by atoms with E-state index in [1.54, 1.807) is 0 Å². The summed E-state index contributed by atoms with van der Waals surface area (Å²) < 4.78 is 8.17. The van der Waals surface area contributed by atoms with Crippen LogP contribution in [0, 0.1) is 0 Å². The van der Waals surface area contributed by atoms with E-state index >= 15 is 0 Å². The van der Waals surface area contributed by atoms with Gasteiger partial charge in [0.05, 0.1) is 11.0 Å². The van der Waals surface area contributed by atoms with Crippen LogP contribution in [-0.2, 0) is 4.57 Å². The Hall–Kier alpha value is -1.79. The van der Waals surface area contributed by atoms with Crippen LogP contribution in [-0.4, -0.2) is 4.98 Å². The lowest BCUT2D eigenvalue weighted by atomic mass is 10.1. The van der Waals surface area contributed by atoms with Crippen molar-refractivity contribution < 1.29 is 4.57 Å². The van der Waals surface area contributed by atoms with Crippen LogP contribution < -0.4 is 0 Å². The van der Waals surface area contributed by atoms with Gasteiger partial charge in [0.1, 0.15) is 0 Å². The van der Waals surface area contributed by atoms with E-state index in [4.69, 9.17) is 4.57 Å². The number of benzene rings is 2. The van der Waals surface area contributed by atoms with E-state index in [0.29, 0.717) is 0 Å². The van der Waals surface area contributed by atoms with E-state index in [1.165, 1.54) is 19.9 Å². The first-order valence-corrected chi connectivity index (χ1v) is 5.39. The molecule has 0 saturated heterocycles. The van der Waals surface area contributed by atoms with Gasteiger partial charge in [0, 0.05) is 10.8 Å². The summed E-state index contributed by atoms with van der Waals surface area (Å²) in [4.78, 5) is 4.58. The number of fused-ring (bicyclic) bond motifs is 2. The summed E-state index contributed by atoms with van der Waals surface area (Å²) in [5.74, 6) is 0. The molecule has 0 N–H and O–H groups in total. The molecule has 0 bridgehead atoms. The molecule has 0 aliphatic carbocycles. The van der Waals surface area contributed by atoms with Crippen molar-refractivity contribution in [2.75, 3.05) is 0 Å². The van der Waals surface area contributed by atoms with Gasteiger partial charge in [0.2, 0.25) is 0 Å². The van der Waals surface area contributed by atoms with Crippen molar-refractivity contribution in [1.29, 1.82) is 0 Å². The van der Waals surface area contributed by atoms with E-state index in [0.717, 1.165) is 11.0 Å². The van der Waals surface area contributed by atoms with Gasteiger partial charge < -0.3 is 0 Å². The largest absolute Gasteiger partial charge is 0.310 e. The maximum absolute atomic E-state index is 8.17. The van der Waals surface area contributed by atoms with E-state index in [1.807, 2.05) is 36.4 Å². The van der Waals surface area contributed by atoms with Gasteiger partial charge in [-0.1, -0.05) is 41.0 Å². The Morgan fingerprint density at radius 1 is 0.750 bits per heavy atom. The molecular formula is C13H11NOP+. The molecular weight excluding hydrogens is 217 g/mol. The first kappa shape index (κ1) is 10.7. The Bertz CT molecular complexity index is 519. The van der Waals surface area contributed by atoms with E-state index < -0.39 is 0 Å². The van der Waals surface area contributed by atoms with Crippen LogP contribution in [0.4, 0.5) is 0 Å². The first-order chi connectivity index (χ1) is 7.93. The van der Waals surface area contributed by atoms with Crippen molar-refractivity contribution in [3.8, 4) is 0 Å². The number of para-hydroxylation sites is 2. The summed E-state index contributed by atoms with van der Waals surface area (Å²) in [6, 6.07) is 18.6. The minimum Gasteiger partial charge on any atom is -0.248 e. The molecule has 0 radical (unpaired) electrons. The molecule has 1 aromatic heterocycles. The Labute approximate surface area is 95.6 Å². The van der Waals surface area contributed by atoms with Crippen LogP contribution in [0.3, 0.4) is 0 Å². The van der Waals surface area contributed by atoms with Gasteiger partial charge in [0.15, 0.2) is 0 Å². The van der Waals surface area contributed by atoms with Crippen LogP contribution in [0.1, 0.15) is 0 Å². The third-order valence-corrected chi connectivity index (χ3v) is 2.43. The van der Waals surface area contributed by atoms with Gasteiger partial charge in [-0.05, 0) is 18.2 Å². The number of pyridine rings is 1. The van der Waals surface area contributed by atoms with Gasteiger partial charge in [-0.25, -0.2) is 4.98 Å². The predicted molar refractivity (Wildman–Crippen MR) is 69.6 cm³/mol. The van der Waals surface area contributed by atoms with Crippen LogP contribution >= 0.6 is 9.12 Å². The number of rotatable bonds is 0. The highest BCUT2D eigenvalue weighted by molar-refractivity contribution is 7.00. The van der Waals surface area contributed by atoms with Crippen molar-refractivity contribution in [3.05, 3.63) is 54.6 Å². The second-order valence-corrected chi connectivity index (χ2v) is 3.37. The molecule has 0 spiro atoms. The summed E-state index contributed by atoms with van der Waals surface area (Å²) in [6.07, 6.45) is 0. The van der Waals surface area contributed by atoms with Crippen LogP contribution in [0.15, 0.2) is 54.6 Å². The smallest absolute Gasteiger partial charge is 0.248 e. The van der Waals surface area contributed by atoms with Crippen molar-refractivity contribution in [1.82, 2.24) is 4.98 Å². The highest BCUT2D eigenvalue weighted by Crippen LogP contribution is 2.18. The van der Waals surface area contributed by atoms with Crippen molar-refractivity contribution in [2.24, 2.45) is 0 Å². The normalized spacial score (nSPS) is 9.75. The van der Waals surface area contributed by atoms with Crippen LogP contribution in [0.5, 0.6) is 0 Å². The zero-order valence-electron chi connectivity index (χ0n) is 8.63. The lowest BCUT2D eigenvalue weighted by Gasteiger charge is -1.99. The SMILES string of the molecule is O=[PH2+].c1ccc2nc3ccccc3cc2c1. The van der Waals surface area contributed by atoms with Gasteiger partial charge >= 0.3 is 9.12 Å². The Balaban J connectivity index is 0.000000457. The molecule has 78 valence electrons. The molecule has 3 heteroatoms. The number of hydrogen-bond donors (Lipinski definition) is 0. The van der Waals surface area contributed by atoms with E-state index in [9.17, 15) is 0 Å². The van der Waals surface area contributed by atoms with E-state index in [2.05, 4.69) is 23.2 Å². The lowest BCUT2D eigenvalue weighted by molar-refractivity contribution is 0.607. The van der Waals surface area contributed by atoms with Crippen molar-refractivity contribution in [2.45, 2.75) is 0 Å². The number of hydrogen-bond acceptors (Lipinski definition) is 2. The third-order valence-electron chi connectivity index (χ3n) is 2.43. The summed E-state index contributed by atoms with van der Waals surface area (Å²) in [6.45, 7) is 0. The predicted octanol–water partition coefficient (Wildman–Crippen LogP) is 3.60. The second kappa shape index (κ2) is 4.82. The molecule has 0 aliphatic heterocycles. The fourth-order valence-corrected chi connectivity index (χ4v) is 1.72. The summed E-state index contributed by atoms with van der Waals surface area (Å²) in [5, 5.41) is 2.40. The number of aromatic nitrogens is 1. The highest BCUT2D eigenvalue weighted by Gasteiger charge is 1.96. The van der Waals surface area contributed by atoms with Gasteiger partial charge in [-0.15, -0.1) is 0 Å². The van der Waals surface area contributed by atoms with E-state index in [-0.39, 0.29) is 0 Å². The maximum Gasteiger partial charge on any atom is 0.310 e. The molecule has 1 heterocycles. The Morgan fingerprint density at radius 3 is 1.69 bits per heavy atom. The zero-order valence-corrected chi connectivity index (χ0v) is 9.78. The van der Waals surface area contributed by atoms with Gasteiger partial charge in [0.25, 0.3) is 0 Å². The molecule has 2 nitrogen and oxygen atoms in total. The van der Waals surface area contributed by atoms with Crippen LogP contribution in [0.25, 0.3) is 21.8 Å². The Morgan fingerprint density at radius 2 is 1.19 bits per heavy atom. The van der Waals surface area contributed by atoms with Gasteiger partial charge in [-0.3, -0.25) is 0 Å². The minimum absolute atomic E-state index is 1.06. The molecule has 3 rings (SSSR count). The zero-order chi connectivity index (χ0) is 11.4. The monoisotopic (exact) mass is 228 g/mol. The van der Waals surface area contributed by atoms with Crippen molar-refractivity contribution in [3.63, 3.8) is 0 Å². The van der Waals surface area contributed by atoms with Crippen LogP contribution in [0.2, 0.25) is 0 Å². The Kier molecular flexibility index (Phi) is 3.23. The lowest BCUT2D eigenvalue weighted by Crippen LogP contribution is -1.80. The summed E-state index contributed by atoms with van der Waals surface area (Å²) in [7, 11) is 1.17. The minimum atomic E-state index is 1.06. The molecule has 1 unspecified atom stereocenters. The highest BCUT2D eigenvalue weighted by atomic mass is 31.0. The van der Waals surface area contributed by atoms with Crippen molar-refractivity contribution >= 4 is 30.9 Å². The fourth-order valence-electron chi connectivity index (χ4n) is 1.72. The fraction of sp³-hybridized carbons (Fsp3) is 0. The molecule has 1 atom stereocenters. The molecule has 0 aliphatic rings. The number of nitrogens with zero attached hydrogens (tertiary/aromatic N) is 1.